The topological polar surface area (TPSA) is 55.8 Å². The van der Waals surface area contributed by atoms with E-state index in [0.29, 0.717) is 27.5 Å². The number of thioether (sulfide) groups is 1. The smallest absolute Gasteiger partial charge is 0.293 e. The first-order chi connectivity index (χ1) is 16.4. The minimum absolute atomic E-state index is 0.0518. The first-order valence-corrected chi connectivity index (χ1v) is 12.3. The molecule has 3 aromatic rings. The van der Waals surface area contributed by atoms with Gasteiger partial charge in [0.25, 0.3) is 11.1 Å². The summed E-state index contributed by atoms with van der Waals surface area (Å²) in [6, 6.07) is 17.7. The first-order valence-electron chi connectivity index (χ1n) is 10.4. The second-order valence-electron chi connectivity index (χ2n) is 7.67. The van der Waals surface area contributed by atoms with Gasteiger partial charge in [-0.25, -0.2) is 4.39 Å². The number of nitrogens with zero attached hydrogens (tertiary/aromatic N) is 1. The summed E-state index contributed by atoms with van der Waals surface area (Å²) in [5.41, 5.74) is 3.10. The lowest BCUT2D eigenvalue weighted by Gasteiger charge is -2.14. The number of methoxy groups -OCH3 is 1. The molecule has 0 radical (unpaired) electrons. The Morgan fingerprint density at radius 3 is 2.62 bits per heavy atom. The molecule has 5 nitrogen and oxygen atoms in total. The molecule has 0 atom stereocenters. The van der Waals surface area contributed by atoms with Crippen LogP contribution in [-0.2, 0) is 17.9 Å². The molecule has 174 valence electrons. The maximum atomic E-state index is 13.9. The number of rotatable bonds is 7. The number of hydrogen-bond acceptors (Lipinski definition) is 5. The summed E-state index contributed by atoms with van der Waals surface area (Å²) in [5, 5.41) is -0.302. The highest BCUT2D eigenvalue weighted by molar-refractivity contribution is 14.1. The van der Waals surface area contributed by atoms with Crippen molar-refractivity contribution in [1.82, 2.24) is 4.90 Å². The van der Waals surface area contributed by atoms with Crippen LogP contribution < -0.4 is 9.47 Å². The van der Waals surface area contributed by atoms with Gasteiger partial charge in [0.2, 0.25) is 0 Å². The Labute approximate surface area is 215 Å². The van der Waals surface area contributed by atoms with E-state index in [-0.39, 0.29) is 30.1 Å². The van der Waals surface area contributed by atoms with Crippen LogP contribution in [0.15, 0.2) is 65.6 Å². The van der Waals surface area contributed by atoms with Crippen molar-refractivity contribution in [3.8, 4) is 11.5 Å². The number of ether oxygens (including phenoxy) is 2. The summed E-state index contributed by atoms with van der Waals surface area (Å²) in [7, 11) is 1.51. The SMILES string of the molecule is COc1cc(/C=C2/SC(=O)N(Cc3cccc(C)c3)C2=O)cc(I)c1OCc1ccccc1F. The summed E-state index contributed by atoms with van der Waals surface area (Å²) in [6.45, 7) is 2.25. The average Bonchev–Trinajstić information content (AvgIpc) is 3.06. The molecule has 2 amide bonds. The first kappa shape index (κ1) is 24.3. The van der Waals surface area contributed by atoms with Crippen molar-refractivity contribution in [2.75, 3.05) is 7.11 Å². The van der Waals surface area contributed by atoms with Crippen molar-refractivity contribution in [3.63, 3.8) is 0 Å². The molecular weight excluding hydrogens is 568 g/mol. The Kier molecular flexibility index (Phi) is 7.57. The zero-order valence-electron chi connectivity index (χ0n) is 18.5. The lowest BCUT2D eigenvalue weighted by Crippen LogP contribution is -2.27. The Balaban J connectivity index is 1.54. The minimum atomic E-state index is -0.338. The van der Waals surface area contributed by atoms with Gasteiger partial charge >= 0.3 is 0 Å². The van der Waals surface area contributed by atoms with Crippen LogP contribution in [0.3, 0.4) is 0 Å². The molecule has 3 aromatic carbocycles. The van der Waals surface area contributed by atoms with Crippen LogP contribution in [0, 0.1) is 16.3 Å². The summed E-state index contributed by atoms with van der Waals surface area (Å²) in [5.74, 6) is 0.268. The van der Waals surface area contributed by atoms with Crippen LogP contribution in [0.5, 0.6) is 11.5 Å². The molecule has 1 fully saturated rings. The van der Waals surface area contributed by atoms with Crippen LogP contribution in [-0.4, -0.2) is 23.2 Å². The molecule has 0 bridgehead atoms. The van der Waals surface area contributed by atoms with Gasteiger partial charge in [-0.1, -0.05) is 48.0 Å². The average molecular weight is 589 g/mol. The molecule has 1 aliphatic heterocycles. The van der Waals surface area contributed by atoms with Gasteiger partial charge in [0.15, 0.2) is 11.5 Å². The highest BCUT2D eigenvalue weighted by Crippen LogP contribution is 2.38. The Morgan fingerprint density at radius 2 is 1.88 bits per heavy atom. The predicted octanol–water partition coefficient (Wildman–Crippen LogP) is 6.56. The van der Waals surface area contributed by atoms with Gasteiger partial charge in [-0.05, 0) is 76.7 Å². The Morgan fingerprint density at radius 1 is 1.09 bits per heavy atom. The molecule has 0 aromatic heterocycles. The van der Waals surface area contributed by atoms with Crippen molar-refractivity contribution < 1.29 is 23.5 Å². The minimum Gasteiger partial charge on any atom is -0.493 e. The van der Waals surface area contributed by atoms with E-state index in [1.807, 2.05) is 37.3 Å². The highest BCUT2D eigenvalue weighted by atomic mass is 127. The van der Waals surface area contributed by atoms with E-state index >= 15 is 0 Å². The number of benzene rings is 3. The van der Waals surface area contributed by atoms with Crippen molar-refractivity contribution in [2.24, 2.45) is 0 Å². The lowest BCUT2D eigenvalue weighted by atomic mass is 10.1. The highest BCUT2D eigenvalue weighted by Gasteiger charge is 2.35. The van der Waals surface area contributed by atoms with Gasteiger partial charge < -0.3 is 9.47 Å². The number of amides is 2. The van der Waals surface area contributed by atoms with Crippen LogP contribution in [0.4, 0.5) is 9.18 Å². The number of imide groups is 1. The van der Waals surface area contributed by atoms with E-state index in [1.165, 1.54) is 18.1 Å². The van der Waals surface area contributed by atoms with Gasteiger partial charge in [0.05, 0.1) is 22.1 Å². The molecule has 1 aliphatic rings. The molecule has 8 heteroatoms. The van der Waals surface area contributed by atoms with Crippen LogP contribution in [0.2, 0.25) is 0 Å². The van der Waals surface area contributed by atoms with E-state index in [2.05, 4.69) is 22.6 Å². The Hall–Kier alpha value is -2.85. The number of carbonyl (C=O) groups is 2. The van der Waals surface area contributed by atoms with Gasteiger partial charge in [-0.15, -0.1) is 0 Å². The number of aryl methyl sites for hydroxylation is 1. The normalized spacial score (nSPS) is 14.7. The predicted molar refractivity (Wildman–Crippen MR) is 139 cm³/mol. The third-order valence-corrected chi connectivity index (χ3v) is 6.88. The monoisotopic (exact) mass is 589 g/mol. The molecule has 1 heterocycles. The zero-order chi connectivity index (χ0) is 24.2. The maximum absolute atomic E-state index is 13.9. The largest absolute Gasteiger partial charge is 0.493 e. The summed E-state index contributed by atoms with van der Waals surface area (Å²) in [4.78, 5) is 27.0. The lowest BCUT2D eigenvalue weighted by molar-refractivity contribution is -0.123. The fourth-order valence-electron chi connectivity index (χ4n) is 3.51. The fraction of sp³-hybridized carbons (Fsp3) is 0.154. The van der Waals surface area contributed by atoms with Gasteiger partial charge in [-0.3, -0.25) is 14.5 Å². The second-order valence-corrected chi connectivity index (χ2v) is 9.83. The molecule has 0 saturated carbocycles. The fourth-order valence-corrected chi connectivity index (χ4v) is 5.13. The van der Waals surface area contributed by atoms with E-state index in [9.17, 15) is 14.0 Å². The van der Waals surface area contributed by atoms with Crippen molar-refractivity contribution in [1.29, 1.82) is 0 Å². The number of hydrogen-bond donors (Lipinski definition) is 0. The van der Waals surface area contributed by atoms with E-state index in [1.54, 1.807) is 30.3 Å². The summed E-state index contributed by atoms with van der Waals surface area (Å²) >= 11 is 3.02. The van der Waals surface area contributed by atoms with Crippen molar-refractivity contribution in [2.45, 2.75) is 20.1 Å². The summed E-state index contributed by atoms with van der Waals surface area (Å²) < 4.78 is 26.0. The molecule has 0 N–H and O–H groups in total. The van der Waals surface area contributed by atoms with Crippen LogP contribution in [0.1, 0.15) is 22.3 Å². The quantitative estimate of drug-likeness (QED) is 0.231. The van der Waals surface area contributed by atoms with E-state index in [0.717, 1.165) is 26.5 Å². The van der Waals surface area contributed by atoms with Crippen molar-refractivity contribution in [3.05, 3.63) is 97.2 Å². The standard InChI is InChI=1S/C26H21FINO4S/c1-16-6-5-7-17(10-16)14-29-25(30)23(34-26(29)31)13-18-11-21(28)24(22(12-18)32-2)33-15-19-8-3-4-9-20(19)27/h3-13H,14-15H2,1-2H3/b23-13+. The van der Waals surface area contributed by atoms with Gasteiger partial charge in [0, 0.05) is 5.56 Å². The molecule has 0 aliphatic carbocycles. The van der Waals surface area contributed by atoms with Gasteiger partial charge in [-0.2, -0.15) is 0 Å². The number of halogens is 2. The third-order valence-electron chi connectivity index (χ3n) is 5.18. The van der Waals surface area contributed by atoms with Crippen molar-refractivity contribution >= 4 is 51.6 Å². The van der Waals surface area contributed by atoms with Crippen LogP contribution >= 0.6 is 34.4 Å². The molecule has 0 unspecified atom stereocenters. The second kappa shape index (κ2) is 10.6. The van der Waals surface area contributed by atoms with Gasteiger partial charge in [0.1, 0.15) is 12.4 Å². The number of carbonyl (C=O) groups excluding carboxylic acids is 2. The Bertz CT molecular complexity index is 1290. The molecule has 1 saturated heterocycles. The van der Waals surface area contributed by atoms with Crippen LogP contribution in [0.25, 0.3) is 6.08 Å². The third kappa shape index (κ3) is 5.44. The van der Waals surface area contributed by atoms with E-state index < -0.39 is 0 Å². The summed E-state index contributed by atoms with van der Waals surface area (Å²) in [6.07, 6.45) is 1.67. The molecule has 0 spiro atoms. The molecular formula is C26H21FINO4S. The zero-order valence-corrected chi connectivity index (χ0v) is 21.5. The van der Waals surface area contributed by atoms with E-state index in [4.69, 9.17) is 9.47 Å². The maximum Gasteiger partial charge on any atom is 0.293 e. The molecule has 34 heavy (non-hydrogen) atoms. The molecule has 4 rings (SSSR count).